The molecule has 6 rings (SSSR count). The van der Waals surface area contributed by atoms with Crippen molar-refractivity contribution in [1.82, 2.24) is 38.9 Å². The van der Waals surface area contributed by atoms with Crippen molar-refractivity contribution in [3.8, 4) is 0 Å². The number of anilines is 2. The van der Waals surface area contributed by atoms with E-state index in [-0.39, 0.29) is 93.3 Å². The number of H-pyrrole nitrogens is 2. The third-order valence-electron chi connectivity index (χ3n) is 7.72. The third kappa shape index (κ3) is 9.26. The Bertz CT molecular complexity index is 2290. The molecule has 0 aliphatic carbocycles. The van der Waals surface area contributed by atoms with Gasteiger partial charge in [0.05, 0.1) is 26.6 Å². The number of rotatable bonds is 12. The van der Waals surface area contributed by atoms with E-state index in [4.69, 9.17) is 20.9 Å². The van der Waals surface area contributed by atoms with Gasteiger partial charge in [-0.25, -0.2) is 9.55 Å². The Morgan fingerprint density at radius 3 is 2.19 bits per heavy atom. The van der Waals surface area contributed by atoms with Crippen LogP contribution in [0.25, 0.3) is 22.3 Å². The number of aliphatic hydroxyl groups is 4. The van der Waals surface area contributed by atoms with E-state index in [1.807, 2.05) is 0 Å². The maximum absolute atomic E-state index is 12.4. The topological polar surface area (TPSA) is 430 Å². The number of phosphoric ester groups is 1. The summed E-state index contributed by atoms with van der Waals surface area (Å²) in [6, 6.07) is 0. The van der Waals surface area contributed by atoms with Crippen molar-refractivity contribution in [2.24, 2.45) is 7.05 Å². The van der Waals surface area contributed by atoms with Crippen LogP contribution in [-0.2, 0) is 43.6 Å². The van der Waals surface area contributed by atoms with Gasteiger partial charge >= 0.3 is 64.8 Å². The number of aromatic amines is 2. The van der Waals surface area contributed by atoms with E-state index in [1.165, 1.54) is 17.9 Å². The van der Waals surface area contributed by atoms with Crippen molar-refractivity contribution >= 4 is 57.5 Å². The molecular weight excluding hydrogens is 817 g/mol. The second-order valence-corrected chi connectivity index (χ2v) is 16.2. The Kier molecular flexibility index (Phi) is 14.0. The van der Waals surface area contributed by atoms with Gasteiger partial charge in [-0.1, -0.05) is 4.98 Å². The number of aliphatic hydroxyl groups excluding tert-OH is 4. The Morgan fingerprint density at radius 2 is 1.50 bits per heavy atom. The fourth-order valence-electron chi connectivity index (χ4n) is 5.47. The molecule has 11 atom stereocenters. The fraction of sp³-hybridized carbons (Fsp3) is 0.524. The van der Waals surface area contributed by atoms with Gasteiger partial charge < -0.3 is 65.1 Å². The average molecular weight is 845 g/mol. The SMILES string of the molecule is Cn1c[n+]([C@@H]2O[C@H](COP(=O)([O-])OP(=O)([O-])NP(=O)([O-])OC[C@H]3O[C@@H](n4cnc5c(=O)[nH]c(N)nc54)[C@H](O)[C@@H]3O)[C@@H](O)[C@H]2O)c2nc(N)[nH]c(=O)c21.[Na+].[Na+]. The number of phosphoric acid groups is 1. The molecule has 0 amide bonds. The molecular formula is C21H28N11Na2O17P3. The van der Waals surface area contributed by atoms with Gasteiger partial charge in [0.25, 0.3) is 24.9 Å². The average Bonchev–Trinajstić information content (AvgIpc) is 3.74. The van der Waals surface area contributed by atoms with E-state index in [9.17, 15) is 58.4 Å². The molecule has 0 saturated carbocycles. The number of nitrogens with zero attached hydrogens (tertiary/aromatic N) is 6. The van der Waals surface area contributed by atoms with Gasteiger partial charge in [-0.05, 0) is 0 Å². The van der Waals surface area contributed by atoms with Crippen LogP contribution >= 0.6 is 23.3 Å². The number of hydrogen-bond donors (Lipinski definition) is 9. The van der Waals surface area contributed by atoms with Crippen molar-refractivity contribution in [3.63, 3.8) is 0 Å². The molecule has 0 aromatic carbocycles. The summed E-state index contributed by atoms with van der Waals surface area (Å²) >= 11 is 0. The van der Waals surface area contributed by atoms with Crippen LogP contribution in [0.2, 0.25) is 0 Å². The number of ether oxygens (including phenoxy) is 2. The van der Waals surface area contributed by atoms with E-state index < -0.39 is 96.7 Å². The molecule has 3 unspecified atom stereocenters. The molecule has 2 aliphatic rings. The summed E-state index contributed by atoms with van der Waals surface area (Å²) in [6.07, 6.45) is -11.3. The van der Waals surface area contributed by atoms with Gasteiger partial charge in [0.15, 0.2) is 23.7 Å². The number of aromatic nitrogens is 8. The number of nitrogen functional groups attached to an aromatic ring is 2. The normalized spacial score (nSPS) is 29.0. The van der Waals surface area contributed by atoms with Gasteiger partial charge in [0.1, 0.15) is 36.6 Å². The van der Waals surface area contributed by atoms with Crippen LogP contribution in [0.5, 0.6) is 0 Å². The summed E-state index contributed by atoms with van der Waals surface area (Å²) in [7, 11) is -16.4. The van der Waals surface area contributed by atoms with E-state index in [2.05, 4.69) is 38.3 Å². The van der Waals surface area contributed by atoms with Crippen LogP contribution in [0.4, 0.5) is 11.9 Å². The molecule has 11 N–H and O–H groups in total. The Hall–Kier alpha value is -1.53. The first kappa shape index (κ1) is 45.2. The van der Waals surface area contributed by atoms with E-state index >= 15 is 0 Å². The smallest absolute Gasteiger partial charge is 0.766 e. The molecule has 0 spiro atoms. The number of fused-ring (bicyclic) bond motifs is 2. The summed E-state index contributed by atoms with van der Waals surface area (Å²) < 4.78 is 64.3. The van der Waals surface area contributed by atoms with Crippen LogP contribution < -0.4 is 106 Å². The summed E-state index contributed by atoms with van der Waals surface area (Å²) in [5.41, 5.74) is 9.27. The van der Waals surface area contributed by atoms with Gasteiger partial charge in [-0.3, -0.25) is 46.7 Å². The van der Waals surface area contributed by atoms with Crippen LogP contribution in [0.3, 0.4) is 0 Å². The molecule has 6 heterocycles. The third-order valence-corrected chi connectivity index (χ3v) is 12.3. The summed E-state index contributed by atoms with van der Waals surface area (Å²) in [5.74, 6) is -0.613. The van der Waals surface area contributed by atoms with E-state index in [0.29, 0.717) is 0 Å². The summed E-state index contributed by atoms with van der Waals surface area (Å²) in [4.78, 5) is 78.5. The second kappa shape index (κ2) is 16.8. The van der Waals surface area contributed by atoms with E-state index in [0.717, 1.165) is 20.3 Å². The maximum atomic E-state index is 12.4. The predicted octanol–water partition coefficient (Wildman–Crippen LogP) is -12.9. The molecule has 54 heavy (non-hydrogen) atoms. The number of nitrogens with one attached hydrogen (secondary N) is 3. The van der Waals surface area contributed by atoms with Crippen molar-refractivity contribution in [3.05, 3.63) is 33.4 Å². The first-order chi connectivity index (χ1) is 24.2. The molecule has 2 saturated heterocycles. The molecule has 28 nitrogen and oxygen atoms in total. The zero-order chi connectivity index (χ0) is 38.1. The zero-order valence-electron chi connectivity index (χ0n) is 28.0. The summed E-state index contributed by atoms with van der Waals surface area (Å²) in [6.45, 7) is -2.30. The van der Waals surface area contributed by atoms with Gasteiger partial charge in [-0.2, -0.15) is 9.84 Å². The standard InChI is InChI=1S/C21H30N11O17P3.2Na/c1-30-5-32(15-9(30)17(38)28-21(23)26-15)19-13(36)11(34)7(48-19)3-46-52(43,44)49-51(41,42)29-50(39,40)45-2-6-10(33)12(35)18(47-6)31-4-24-8-14(31)25-20(22)27-16(8)37;;/h4-7,10-13,18-19,33-36H,2-3H2,1H3,(H9-,22,23,25,26,27,28,29,37,38,39,40,41,42,43,44);;/q;2*+1/p-2/t6-,7-,10-,11-,12-,13-,18-,19-;;/m1../s1. The van der Waals surface area contributed by atoms with Gasteiger partial charge in [0.2, 0.25) is 33.2 Å². The second-order valence-electron chi connectivity index (χ2n) is 11.3. The molecule has 0 radical (unpaired) electrons. The number of hydrogen-bond acceptors (Lipinski definition) is 22. The van der Waals surface area contributed by atoms with Crippen molar-refractivity contribution in [2.75, 3.05) is 24.7 Å². The summed E-state index contributed by atoms with van der Waals surface area (Å²) in [5, 5.41) is 42.0. The number of imidazole rings is 2. The Labute approximate surface area is 343 Å². The monoisotopic (exact) mass is 845 g/mol. The van der Waals surface area contributed by atoms with E-state index in [1.54, 1.807) is 0 Å². The van der Waals surface area contributed by atoms with Gasteiger partial charge in [0, 0.05) is 0 Å². The minimum absolute atomic E-state index is 0. The quantitative estimate of drug-likeness (QED) is 0.0363. The first-order valence-electron chi connectivity index (χ1n) is 14.4. The van der Waals surface area contributed by atoms with Crippen LogP contribution in [-0.4, -0.2) is 104 Å². The largest absolute Gasteiger partial charge is 1.00 e. The molecule has 33 heteroatoms. The molecule has 4 aromatic rings. The molecule has 0 bridgehead atoms. The molecule has 2 fully saturated rings. The fourth-order valence-corrected chi connectivity index (χ4v) is 9.29. The van der Waals surface area contributed by atoms with Crippen LogP contribution in [0.15, 0.2) is 22.2 Å². The van der Waals surface area contributed by atoms with Gasteiger partial charge in [-0.15, -0.1) is 0 Å². The first-order valence-corrected chi connectivity index (χ1v) is 19.0. The van der Waals surface area contributed by atoms with Crippen molar-refractivity contribution in [1.29, 1.82) is 0 Å². The molecule has 4 aromatic heterocycles. The Morgan fingerprint density at radius 1 is 0.907 bits per heavy atom. The Balaban J connectivity index is 0.00000325. The predicted molar refractivity (Wildman–Crippen MR) is 159 cm³/mol. The molecule has 286 valence electrons. The molecule has 2 aliphatic heterocycles. The minimum Gasteiger partial charge on any atom is -0.766 e. The zero-order valence-corrected chi connectivity index (χ0v) is 34.6. The van der Waals surface area contributed by atoms with Crippen LogP contribution in [0, 0.1) is 0 Å². The van der Waals surface area contributed by atoms with Crippen molar-refractivity contribution in [2.45, 2.75) is 49.1 Å². The van der Waals surface area contributed by atoms with Crippen LogP contribution in [0.1, 0.15) is 12.5 Å². The van der Waals surface area contributed by atoms with Crippen molar-refractivity contribution < 1.29 is 135 Å². The minimum atomic E-state index is -6.13. The number of nitrogens with two attached hydrogens (primary N) is 2. The number of aryl methyl sites for hydroxylation is 1. The maximum Gasteiger partial charge on any atom is 1.00 e.